The number of carbonyl (C=O) groups excluding carboxylic acids is 1. The van der Waals surface area contributed by atoms with E-state index in [0.717, 1.165) is 74.3 Å². The summed E-state index contributed by atoms with van der Waals surface area (Å²) in [6.45, 7) is 3.79. The predicted octanol–water partition coefficient (Wildman–Crippen LogP) is 3.91. The Balaban J connectivity index is 1.41. The molecule has 2 saturated heterocycles. The molecular formula is C27H32FN5O3. The van der Waals surface area contributed by atoms with Crippen molar-refractivity contribution in [1.82, 2.24) is 19.7 Å². The fourth-order valence-electron chi connectivity index (χ4n) is 5.70. The van der Waals surface area contributed by atoms with E-state index in [9.17, 15) is 9.18 Å². The van der Waals surface area contributed by atoms with Crippen LogP contribution in [0.1, 0.15) is 54.2 Å². The summed E-state index contributed by atoms with van der Waals surface area (Å²) in [6, 6.07) is 8.67. The normalized spacial score (nSPS) is 19.9. The molecule has 2 aliphatic heterocycles. The van der Waals surface area contributed by atoms with Gasteiger partial charge in [-0.1, -0.05) is 6.42 Å². The molecule has 3 fully saturated rings. The van der Waals surface area contributed by atoms with Crippen molar-refractivity contribution in [2.75, 3.05) is 45.3 Å². The number of fused-ring (bicyclic) bond motifs is 1. The molecule has 9 heteroatoms. The Morgan fingerprint density at radius 1 is 1.06 bits per heavy atom. The molecule has 0 amide bonds. The van der Waals surface area contributed by atoms with E-state index in [4.69, 9.17) is 19.6 Å². The first-order chi connectivity index (χ1) is 17.6. The number of hydrogen-bond acceptors (Lipinski definition) is 7. The zero-order valence-corrected chi connectivity index (χ0v) is 20.8. The topological polar surface area (TPSA) is 72.7 Å². The molecule has 4 heterocycles. The number of ether oxygens (including phenoxy) is 2. The van der Waals surface area contributed by atoms with Crippen molar-refractivity contribution < 1.29 is 18.7 Å². The van der Waals surface area contributed by atoms with Gasteiger partial charge in [-0.05, 0) is 56.0 Å². The molecule has 0 spiro atoms. The minimum Gasteiger partial charge on any atom is -0.464 e. The van der Waals surface area contributed by atoms with Crippen molar-refractivity contribution in [3.8, 4) is 5.69 Å². The van der Waals surface area contributed by atoms with Gasteiger partial charge in [0.15, 0.2) is 11.3 Å². The maximum Gasteiger partial charge on any atom is 0.356 e. The van der Waals surface area contributed by atoms with Crippen LogP contribution >= 0.6 is 0 Å². The highest BCUT2D eigenvalue weighted by atomic mass is 19.1. The van der Waals surface area contributed by atoms with E-state index in [1.807, 2.05) is 6.07 Å². The zero-order valence-electron chi connectivity index (χ0n) is 20.8. The summed E-state index contributed by atoms with van der Waals surface area (Å²) in [5, 5.41) is 6.01. The first-order valence-electron chi connectivity index (χ1n) is 12.9. The van der Waals surface area contributed by atoms with Crippen LogP contribution in [-0.4, -0.2) is 78.2 Å². The van der Waals surface area contributed by atoms with Gasteiger partial charge in [-0.2, -0.15) is 5.10 Å². The van der Waals surface area contributed by atoms with Gasteiger partial charge >= 0.3 is 5.97 Å². The number of rotatable bonds is 6. The summed E-state index contributed by atoms with van der Waals surface area (Å²) in [6.07, 6.45) is 5.82. The number of halogens is 1. The first-order valence-corrected chi connectivity index (χ1v) is 12.9. The number of aromatic nitrogens is 3. The maximum atomic E-state index is 13.7. The molecule has 1 saturated carbocycles. The molecule has 36 heavy (non-hydrogen) atoms. The second-order valence-corrected chi connectivity index (χ2v) is 10.1. The Bertz CT molecular complexity index is 1260. The Kier molecular flexibility index (Phi) is 6.13. The Labute approximate surface area is 210 Å². The molecule has 3 aliphatic rings. The van der Waals surface area contributed by atoms with Crippen LogP contribution in [0, 0.1) is 5.82 Å². The lowest BCUT2D eigenvalue weighted by atomic mass is 9.82. The summed E-state index contributed by atoms with van der Waals surface area (Å²) in [5.74, 6) is -0.417. The van der Waals surface area contributed by atoms with Gasteiger partial charge in [-0.25, -0.2) is 18.9 Å². The van der Waals surface area contributed by atoms with E-state index < -0.39 is 5.97 Å². The molecule has 0 radical (unpaired) electrons. The van der Waals surface area contributed by atoms with Crippen molar-refractivity contribution in [1.29, 1.82) is 0 Å². The van der Waals surface area contributed by atoms with Crippen LogP contribution in [0.3, 0.4) is 0 Å². The number of carbonyl (C=O) groups is 1. The molecule has 0 unspecified atom stereocenters. The van der Waals surface area contributed by atoms with Crippen molar-refractivity contribution in [2.24, 2.45) is 0 Å². The summed E-state index contributed by atoms with van der Waals surface area (Å²) in [7, 11) is 3.15. The van der Waals surface area contributed by atoms with Gasteiger partial charge in [0.25, 0.3) is 0 Å². The Hall–Kier alpha value is -3.04. The molecule has 1 aromatic carbocycles. The monoisotopic (exact) mass is 493 g/mol. The number of nitrogens with zero attached hydrogens (tertiary/aromatic N) is 5. The van der Waals surface area contributed by atoms with Crippen molar-refractivity contribution in [3.63, 3.8) is 0 Å². The molecule has 2 aromatic heterocycles. The van der Waals surface area contributed by atoms with E-state index in [-0.39, 0.29) is 11.5 Å². The number of anilines is 1. The van der Waals surface area contributed by atoms with E-state index in [2.05, 4.69) is 9.80 Å². The largest absolute Gasteiger partial charge is 0.464 e. The predicted molar refractivity (Wildman–Crippen MR) is 134 cm³/mol. The van der Waals surface area contributed by atoms with Gasteiger partial charge in [0, 0.05) is 45.2 Å². The van der Waals surface area contributed by atoms with Gasteiger partial charge in [-0.15, -0.1) is 0 Å². The summed E-state index contributed by atoms with van der Waals surface area (Å²) < 4.78 is 25.9. The summed E-state index contributed by atoms with van der Waals surface area (Å²) in [5.41, 5.74) is 3.61. The molecule has 6 rings (SSSR count). The number of piperidine rings is 1. The molecule has 0 atom stereocenters. The van der Waals surface area contributed by atoms with E-state index in [1.54, 1.807) is 23.9 Å². The third-order valence-corrected chi connectivity index (χ3v) is 8.13. The lowest BCUT2D eigenvalue weighted by Gasteiger charge is -2.46. The van der Waals surface area contributed by atoms with Crippen LogP contribution in [0.2, 0.25) is 0 Å². The second kappa shape index (κ2) is 9.44. The highest BCUT2D eigenvalue weighted by Crippen LogP contribution is 2.43. The average molecular weight is 494 g/mol. The van der Waals surface area contributed by atoms with E-state index in [1.165, 1.54) is 25.7 Å². The van der Waals surface area contributed by atoms with Gasteiger partial charge < -0.3 is 14.4 Å². The van der Waals surface area contributed by atoms with E-state index >= 15 is 0 Å². The van der Waals surface area contributed by atoms with Gasteiger partial charge in [0.2, 0.25) is 0 Å². The van der Waals surface area contributed by atoms with Gasteiger partial charge in [0.05, 0.1) is 35.7 Å². The van der Waals surface area contributed by atoms with Crippen LogP contribution < -0.4 is 4.90 Å². The molecule has 1 aliphatic carbocycles. The lowest BCUT2D eigenvalue weighted by Crippen LogP contribution is -2.58. The summed E-state index contributed by atoms with van der Waals surface area (Å²) in [4.78, 5) is 22.3. The minimum atomic E-state index is -0.476. The van der Waals surface area contributed by atoms with Crippen molar-refractivity contribution in [3.05, 3.63) is 47.5 Å². The lowest BCUT2D eigenvalue weighted by molar-refractivity contribution is -0.0546. The van der Waals surface area contributed by atoms with Crippen LogP contribution in [0.25, 0.3) is 16.7 Å². The number of methoxy groups -OCH3 is 2. The van der Waals surface area contributed by atoms with Crippen molar-refractivity contribution >= 4 is 22.7 Å². The SMILES string of the molecule is COC(=O)c1cc(N2CCC(N3CC(OC)C3)CC2)c2c(C3CCC3)nn(-c3ccc(F)cc3)c2n1. The minimum absolute atomic E-state index is 0.260. The third kappa shape index (κ3) is 4.04. The number of benzene rings is 1. The van der Waals surface area contributed by atoms with Gasteiger partial charge in [0.1, 0.15) is 5.82 Å². The average Bonchev–Trinajstić information content (AvgIpc) is 3.21. The fourth-order valence-corrected chi connectivity index (χ4v) is 5.70. The standard InChI is InChI=1S/C27H32FN5O3/c1-35-21-15-32(16-21)19-10-12-31(13-11-19)23-14-22(27(34)36-2)29-26-24(23)25(17-4-3-5-17)30-33(26)20-8-6-18(28)7-9-20/h6-9,14,17,19,21H,3-5,10-13,15-16H2,1-2H3. The third-order valence-electron chi connectivity index (χ3n) is 8.13. The highest BCUT2D eigenvalue weighted by molar-refractivity contribution is 5.99. The van der Waals surface area contributed by atoms with Crippen LogP contribution in [0.15, 0.2) is 30.3 Å². The molecular weight excluding hydrogens is 461 g/mol. The van der Waals surface area contributed by atoms with Crippen molar-refractivity contribution in [2.45, 2.75) is 50.2 Å². The van der Waals surface area contributed by atoms with Crippen LogP contribution in [0.5, 0.6) is 0 Å². The second-order valence-electron chi connectivity index (χ2n) is 10.1. The van der Waals surface area contributed by atoms with Crippen LogP contribution in [0.4, 0.5) is 10.1 Å². The molecule has 8 nitrogen and oxygen atoms in total. The maximum absolute atomic E-state index is 13.7. The quantitative estimate of drug-likeness (QED) is 0.482. The highest BCUT2D eigenvalue weighted by Gasteiger charge is 2.36. The first kappa shape index (κ1) is 23.4. The Morgan fingerprint density at radius 2 is 1.78 bits per heavy atom. The summed E-state index contributed by atoms with van der Waals surface area (Å²) >= 11 is 0. The molecule has 0 N–H and O–H groups in total. The zero-order chi connectivity index (χ0) is 24.8. The smallest absolute Gasteiger partial charge is 0.356 e. The van der Waals surface area contributed by atoms with Gasteiger partial charge in [-0.3, -0.25) is 4.90 Å². The van der Waals surface area contributed by atoms with Crippen LogP contribution in [-0.2, 0) is 9.47 Å². The van der Waals surface area contributed by atoms with E-state index in [0.29, 0.717) is 23.7 Å². The molecule has 0 bridgehead atoms. The number of esters is 1. The fraction of sp³-hybridized carbons (Fsp3) is 0.519. The number of pyridine rings is 1. The Morgan fingerprint density at radius 3 is 2.39 bits per heavy atom. The number of likely N-dealkylation sites (tertiary alicyclic amines) is 1. The molecule has 3 aromatic rings. The molecule has 190 valence electrons. The number of hydrogen-bond donors (Lipinski definition) is 0.